The van der Waals surface area contributed by atoms with Gasteiger partial charge in [-0.2, -0.15) is 0 Å². The average Bonchev–Trinajstić information content (AvgIpc) is 2.48. The lowest BCUT2D eigenvalue weighted by Gasteiger charge is -2.06. The van der Waals surface area contributed by atoms with Gasteiger partial charge in [-0.05, 0) is 11.6 Å². The first kappa shape index (κ1) is 14.0. The Labute approximate surface area is 116 Å². The van der Waals surface area contributed by atoms with Crippen LogP contribution in [0.4, 0.5) is 5.69 Å². The molecule has 0 fully saturated rings. The summed E-state index contributed by atoms with van der Waals surface area (Å²) in [6.07, 6.45) is 1.67. The number of hydrogen-bond donors (Lipinski definition) is 1. The van der Waals surface area contributed by atoms with Gasteiger partial charge in [0.05, 0.1) is 4.92 Å². The molecule has 0 spiro atoms. The van der Waals surface area contributed by atoms with Crippen LogP contribution < -0.4 is 10.1 Å². The van der Waals surface area contributed by atoms with Crippen LogP contribution in [0.25, 0.3) is 0 Å². The van der Waals surface area contributed by atoms with E-state index in [1.165, 1.54) is 6.07 Å². The molecule has 0 atom stereocenters. The van der Waals surface area contributed by atoms with E-state index in [2.05, 4.69) is 10.3 Å². The standard InChI is InChI=1S/C14H15N3O3/c18-17(19)13-5-3-4-12(10-13)11-15-8-9-20-14-6-1-2-7-16-14/h1-7,10,15H,8-9,11H2. The lowest BCUT2D eigenvalue weighted by Crippen LogP contribution is -2.20. The Morgan fingerprint density at radius 3 is 2.90 bits per heavy atom. The predicted octanol–water partition coefficient (Wildman–Crippen LogP) is 2.16. The molecule has 104 valence electrons. The van der Waals surface area contributed by atoms with Crippen LogP contribution in [0.5, 0.6) is 5.88 Å². The monoisotopic (exact) mass is 273 g/mol. The first-order valence-corrected chi connectivity index (χ1v) is 6.23. The zero-order valence-corrected chi connectivity index (χ0v) is 10.9. The smallest absolute Gasteiger partial charge is 0.269 e. The zero-order valence-electron chi connectivity index (χ0n) is 10.9. The molecule has 0 bridgehead atoms. The van der Waals surface area contributed by atoms with Crippen molar-refractivity contribution in [3.63, 3.8) is 0 Å². The van der Waals surface area contributed by atoms with Gasteiger partial charge in [-0.1, -0.05) is 18.2 Å². The Balaban J connectivity index is 1.71. The van der Waals surface area contributed by atoms with Gasteiger partial charge in [-0.3, -0.25) is 10.1 Å². The van der Waals surface area contributed by atoms with Crippen LogP contribution in [-0.4, -0.2) is 23.1 Å². The summed E-state index contributed by atoms with van der Waals surface area (Å²) in [4.78, 5) is 14.3. The summed E-state index contributed by atoms with van der Waals surface area (Å²) in [7, 11) is 0. The van der Waals surface area contributed by atoms with E-state index in [0.29, 0.717) is 25.6 Å². The van der Waals surface area contributed by atoms with Gasteiger partial charge in [0, 0.05) is 37.5 Å². The summed E-state index contributed by atoms with van der Waals surface area (Å²) < 4.78 is 5.42. The van der Waals surface area contributed by atoms with E-state index >= 15 is 0 Å². The Hall–Kier alpha value is -2.47. The lowest BCUT2D eigenvalue weighted by molar-refractivity contribution is -0.384. The minimum Gasteiger partial charge on any atom is -0.476 e. The molecule has 0 amide bonds. The summed E-state index contributed by atoms with van der Waals surface area (Å²) in [5.74, 6) is 0.588. The number of nitrogens with zero attached hydrogens (tertiary/aromatic N) is 2. The number of hydrogen-bond acceptors (Lipinski definition) is 5. The molecular weight excluding hydrogens is 258 g/mol. The van der Waals surface area contributed by atoms with E-state index in [1.54, 1.807) is 24.4 Å². The first-order valence-electron chi connectivity index (χ1n) is 6.23. The molecule has 1 aromatic carbocycles. The summed E-state index contributed by atoms with van der Waals surface area (Å²) in [6, 6.07) is 12.0. The average molecular weight is 273 g/mol. The second kappa shape index (κ2) is 7.20. The van der Waals surface area contributed by atoms with E-state index < -0.39 is 4.92 Å². The molecule has 1 N–H and O–H groups in total. The summed E-state index contributed by atoms with van der Waals surface area (Å²) in [5.41, 5.74) is 0.978. The molecule has 6 nitrogen and oxygen atoms in total. The minimum absolute atomic E-state index is 0.106. The highest BCUT2D eigenvalue weighted by Gasteiger charge is 2.04. The summed E-state index contributed by atoms with van der Waals surface area (Å²) in [5, 5.41) is 13.8. The van der Waals surface area contributed by atoms with Crippen molar-refractivity contribution in [2.24, 2.45) is 0 Å². The number of ether oxygens (including phenoxy) is 1. The molecular formula is C14H15N3O3. The third kappa shape index (κ3) is 4.33. The van der Waals surface area contributed by atoms with Crippen LogP contribution in [0.2, 0.25) is 0 Å². The number of non-ortho nitro benzene ring substituents is 1. The lowest BCUT2D eigenvalue weighted by atomic mass is 10.2. The van der Waals surface area contributed by atoms with Crippen LogP contribution in [0.1, 0.15) is 5.56 Å². The predicted molar refractivity (Wildman–Crippen MR) is 74.5 cm³/mol. The molecule has 1 aromatic heterocycles. The fraction of sp³-hybridized carbons (Fsp3) is 0.214. The molecule has 0 aliphatic heterocycles. The van der Waals surface area contributed by atoms with Crippen molar-refractivity contribution in [3.8, 4) is 5.88 Å². The normalized spacial score (nSPS) is 10.2. The molecule has 2 aromatic rings. The molecule has 2 rings (SSSR count). The van der Waals surface area contributed by atoms with E-state index in [-0.39, 0.29) is 5.69 Å². The van der Waals surface area contributed by atoms with Gasteiger partial charge >= 0.3 is 0 Å². The largest absolute Gasteiger partial charge is 0.476 e. The van der Waals surface area contributed by atoms with E-state index in [9.17, 15) is 10.1 Å². The third-order valence-electron chi connectivity index (χ3n) is 2.62. The van der Waals surface area contributed by atoms with Crippen molar-refractivity contribution in [1.29, 1.82) is 0 Å². The molecule has 0 saturated heterocycles. The highest BCUT2D eigenvalue weighted by Crippen LogP contribution is 2.12. The maximum absolute atomic E-state index is 10.6. The maximum Gasteiger partial charge on any atom is 0.269 e. The van der Waals surface area contributed by atoms with Crippen LogP contribution >= 0.6 is 0 Å². The number of benzene rings is 1. The van der Waals surface area contributed by atoms with Crippen molar-refractivity contribution in [2.75, 3.05) is 13.2 Å². The van der Waals surface area contributed by atoms with Crippen molar-refractivity contribution in [3.05, 3.63) is 64.3 Å². The molecule has 0 aliphatic rings. The molecule has 6 heteroatoms. The topological polar surface area (TPSA) is 77.3 Å². The second-order valence-corrected chi connectivity index (χ2v) is 4.12. The molecule has 20 heavy (non-hydrogen) atoms. The third-order valence-corrected chi connectivity index (χ3v) is 2.62. The molecule has 1 heterocycles. The highest BCUT2D eigenvalue weighted by molar-refractivity contribution is 5.34. The van der Waals surface area contributed by atoms with Crippen LogP contribution in [0.15, 0.2) is 48.7 Å². The molecule has 0 saturated carbocycles. The number of nitrogens with one attached hydrogen (secondary N) is 1. The van der Waals surface area contributed by atoms with E-state index in [1.807, 2.05) is 18.2 Å². The zero-order chi connectivity index (χ0) is 14.2. The number of nitro groups is 1. The van der Waals surface area contributed by atoms with Gasteiger partial charge in [-0.15, -0.1) is 0 Å². The van der Waals surface area contributed by atoms with Gasteiger partial charge in [0.25, 0.3) is 5.69 Å². The van der Waals surface area contributed by atoms with Crippen molar-refractivity contribution >= 4 is 5.69 Å². The van der Waals surface area contributed by atoms with E-state index in [4.69, 9.17) is 4.74 Å². The van der Waals surface area contributed by atoms with Gasteiger partial charge in [0.1, 0.15) is 6.61 Å². The maximum atomic E-state index is 10.6. The number of aromatic nitrogens is 1. The van der Waals surface area contributed by atoms with Gasteiger partial charge in [0.2, 0.25) is 5.88 Å². The van der Waals surface area contributed by atoms with Gasteiger partial charge in [-0.25, -0.2) is 4.98 Å². The number of nitro benzene ring substituents is 1. The quantitative estimate of drug-likeness (QED) is 0.475. The van der Waals surface area contributed by atoms with E-state index in [0.717, 1.165) is 5.56 Å². The number of rotatable bonds is 7. The fourth-order valence-corrected chi connectivity index (χ4v) is 1.67. The summed E-state index contributed by atoms with van der Waals surface area (Å²) >= 11 is 0. The summed E-state index contributed by atoms with van der Waals surface area (Å²) in [6.45, 7) is 1.69. The fourth-order valence-electron chi connectivity index (χ4n) is 1.67. The second-order valence-electron chi connectivity index (χ2n) is 4.12. The minimum atomic E-state index is -0.395. The van der Waals surface area contributed by atoms with Crippen LogP contribution in [0, 0.1) is 10.1 Å². The Bertz CT molecular complexity index is 561. The van der Waals surface area contributed by atoms with Gasteiger partial charge in [0.15, 0.2) is 0 Å². The highest BCUT2D eigenvalue weighted by atomic mass is 16.6. The first-order chi connectivity index (χ1) is 9.75. The SMILES string of the molecule is O=[N+]([O-])c1cccc(CNCCOc2ccccn2)c1. The van der Waals surface area contributed by atoms with Crippen molar-refractivity contribution in [1.82, 2.24) is 10.3 Å². The van der Waals surface area contributed by atoms with Crippen LogP contribution in [0.3, 0.4) is 0 Å². The van der Waals surface area contributed by atoms with Crippen molar-refractivity contribution < 1.29 is 9.66 Å². The number of pyridine rings is 1. The van der Waals surface area contributed by atoms with Crippen LogP contribution in [-0.2, 0) is 6.54 Å². The Morgan fingerprint density at radius 2 is 2.15 bits per heavy atom. The molecule has 0 aliphatic carbocycles. The van der Waals surface area contributed by atoms with Gasteiger partial charge < -0.3 is 10.1 Å². The Morgan fingerprint density at radius 1 is 1.25 bits per heavy atom. The Kier molecular flexibility index (Phi) is 5.02. The van der Waals surface area contributed by atoms with Crippen molar-refractivity contribution in [2.45, 2.75) is 6.54 Å². The molecule has 0 radical (unpaired) electrons. The molecule has 0 unspecified atom stereocenters.